The Morgan fingerprint density at radius 1 is 1.14 bits per heavy atom. The Bertz CT molecular complexity index is 1140. The fourth-order valence-corrected chi connectivity index (χ4v) is 4.81. The van der Waals surface area contributed by atoms with Gasteiger partial charge in [-0.3, -0.25) is 4.79 Å². The van der Waals surface area contributed by atoms with E-state index in [0.29, 0.717) is 5.57 Å². The number of hydrogen-bond acceptors (Lipinski definition) is 7. The third-order valence-electron chi connectivity index (χ3n) is 6.92. The SMILES string of the molecule is COC1OC(CNC(=O)/C(C#N)=C(\C)c2ccc3cc(N4CCCCC4)ccc3c2)C(O)CC1O. The maximum absolute atomic E-state index is 12.8. The van der Waals surface area contributed by atoms with Crippen molar-refractivity contribution >= 4 is 27.9 Å². The lowest BCUT2D eigenvalue weighted by Crippen LogP contribution is -2.52. The number of ether oxygens (including phenoxy) is 2. The average Bonchev–Trinajstić information content (AvgIpc) is 2.88. The number of anilines is 1. The smallest absolute Gasteiger partial charge is 0.262 e. The number of hydrogen-bond donors (Lipinski definition) is 3. The minimum atomic E-state index is -0.956. The van der Waals surface area contributed by atoms with Gasteiger partial charge in [-0.1, -0.05) is 18.2 Å². The quantitative estimate of drug-likeness (QED) is 0.431. The second kappa shape index (κ2) is 11.2. The van der Waals surface area contributed by atoms with Gasteiger partial charge in [-0.15, -0.1) is 0 Å². The highest BCUT2D eigenvalue weighted by atomic mass is 16.7. The van der Waals surface area contributed by atoms with Crippen LogP contribution in [-0.4, -0.2) is 67.5 Å². The predicted octanol–water partition coefficient (Wildman–Crippen LogP) is 2.73. The lowest BCUT2D eigenvalue weighted by molar-refractivity contribution is -0.254. The number of benzene rings is 2. The first-order valence-electron chi connectivity index (χ1n) is 12.1. The molecule has 0 aliphatic carbocycles. The van der Waals surface area contributed by atoms with E-state index in [1.54, 1.807) is 6.92 Å². The molecule has 4 atom stereocenters. The third kappa shape index (κ3) is 5.65. The molecule has 0 radical (unpaired) electrons. The van der Waals surface area contributed by atoms with E-state index in [1.165, 1.54) is 32.1 Å². The molecule has 35 heavy (non-hydrogen) atoms. The first-order chi connectivity index (χ1) is 16.9. The van der Waals surface area contributed by atoms with Gasteiger partial charge in [-0.25, -0.2) is 0 Å². The number of amides is 1. The first kappa shape index (κ1) is 25.1. The second-order valence-corrected chi connectivity index (χ2v) is 9.26. The van der Waals surface area contributed by atoms with Crippen molar-refractivity contribution in [3.63, 3.8) is 0 Å². The summed E-state index contributed by atoms with van der Waals surface area (Å²) in [6.45, 7) is 3.91. The molecule has 2 aromatic rings. The number of aliphatic hydroxyl groups excluding tert-OH is 2. The number of carbonyl (C=O) groups excluding carboxylic acids is 1. The minimum absolute atomic E-state index is 0.00270. The summed E-state index contributed by atoms with van der Waals surface area (Å²) in [6.07, 6.45) is 0.296. The van der Waals surface area contributed by atoms with Crippen LogP contribution in [0, 0.1) is 11.3 Å². The Balaban J connectivity index is 1.48. The van der Waals surface area contributed by atoms with Gasteiger partial charge in [0.2, 0.25) is 0 Å². The van der Waals surface area contributed by atoms with Gasteiger partial charge in [-0.05, 0) is 66.3 Å². The Kier molecular flexibility index (Phi) is 8.04. The lowest BCUT2D eigenvalue weighted by atomic mass is 9.97. The molecule has 2 aliphatic heterocycles. The summed E-state index contributed by atoms with van der Waals surface area (Å²) >= 11 is 0. The molecule has 4 rings (SSSR count). The van der Waals surface area contributed by atoms with Crippen molar-refractivity contribution in [2.45, 2.75) is 57.2 Å². The molecule has 186 valence electrons. The maximum Gasteiger partial charge on any atom is 0.262 e. The normalized spacial score (nSPS) is 25.6. The number of methoxy groups -OCH3 is 1. The zero-order valence-electron chi connectivity index (χ0n) is 20.2. The monoisotopic (exact) mass is 479 g/mol. The summed E-state index contributed by atoms with van der Waals surface area (Å²) in [4.78, 5) is 15.2. The maximum atomic E-state index is 12.8. The van der Waals surface area contributed by atoms with Gasteiger partial charge in [0.1, 0.15) is 23.9 Å². The Hall–Kier alpha value is -2.96. The van der Waals surface area contributed by atoms with Gasteiger partial charge >= 0.3 is 0 Å². The minimum Gasteiger partial charge on any atom is -0.390 e. The van der Waals surface area contributed by atoms with E-state index in [9.17, 15) is 20.3 Å². The van der Waals surface area contributed by atoms with Crippen molar-refractivity contribution in [1.82, 2.24) is 5.32 Å². The van der Waals surface area contributed by atoms with Crippen molar-refractivity contribution in [1.29, 1.82) is 5.26 Å². The van der Waals surface area contributed by atoms with E-state index in [4.69, 9.17) is 9.47 Å². The van der Waals surface area contributed by atoms with Crippen molar-refractivity contribution in [2.75, 3.05) is 31.6 Å². The molecule has 2 fully saturated rings. The average molecular weight is 480 g/mol. The van der Waals surface area contributed by atoms with Crippen LogP contribution in [0.5, 0.6) is 0 Å². The molecule has 0 spiro atoms. The van der Waals surface area contributed by atoms with Crippen molar-refractivity contribution < 1.29 is 24.5 Å². The van der Waals surface area contributed by atoms with Gasteiger partial charge in [0.25, 0.3) is 5.91 Å². The van der Waals surface area contributed by atoms with Gasteiger partial charge in [0.15, 0.2) is 6.29 Å². The molecule has 2 saturated heterocycles. The molecule has 0 bridgehead atoms. The number of nitriles is 1. The van der Waals surface area contributed by atoms with Crippen LogP contribution in [0.25, 0.3) is 16.3 Å². The van der Waals surface area contributed by atoms with Crippen molar-refractivity contribution in [2.24, 2.45) is 0 Å². The Labute approximate surface area is 205 Å². The molecule has 2 heterocycles. The molecule has 1 amide bonds. The van der Waals surface area contributed by atoms with E-state index < -0.39 is 30.5 Å². The molecular formula is C27H33N3O5. The fourth-order valence-electron chi connectivity index (χ4n) is 4.81. The van der Waals surface area contributed by atoms with Crippen LogP contribution in [0.2, 0.25) is 0 Å². The van der Waals surface area contributed by atoms with E-state index in [2.05, 4.69) is 28.4 Å². The molecule has 2 aromatic carbocycles. The van der Waals surface area contributed by atoms with Gasteiger partial charge in [-0.2, -0.15) is 5.26 Å². The molecule has 4 unspecified atom stereocenters. The molecule has 0 saturated carbocycles. The largest absolute Gasteiger partial charge is 0.390 e. The van der Waals surface area contributed by atoms with E-state index >= 15 is 0 Å². The molecule has 8 heteroatoms. The van der Waals surface area contributed by atoms with E-state index in [1.807, 2.05) is 24.3 Å². The number of nitrogens with zero attached hydrogens (tertiary/aromatic N) is 2. The summed E-state index contributed by atoms with van der Waals surface area (Å²) in [5, 5.41) is 34.6. The Morgan fingerprint density at radius 2 is 1.86 bits per heavy atom. The number of fused-ring (bicyclic) bond motifs is 1. The molecular weight excluding hydrogens is 446 g/mol. The number of piperidine rings is 1. The Morgan fingerprint density at radius 3 is 2.57 bits per heavy atom. The number of rotatable bonds is 6. The zero-order valence-corrected chi connectivity index (χ0v) is 20.2. The zero-order chi connectivity index (χ0) is 24.9. The van der Waals surface area contributed by atoms with Crippen LogP contribution in [0.4, 0.5) is 5.69 Å². The van der Waals surface area contributed by atoms with Crippen LogP contribution >= 0.6 is 0 Å². The van der Waals surface area contributed by atoms with E-state index in [0.717, 1.165) is 29.4 Å². The van der Waals surface area contributed by atoms with Crippen LogP contribution in [0.3, 0.4) is 0 Å². The van der Waals surface area contributed by atoms with Crippen LogP contribution in [0.1, 0.15) is 38.2 Å². The number of allylic oxidation sites excluding steroid dienone is 1. The van der Waals surface area contributed by atoms with Crippen molar-refractivity contribution in [3.05, 3.63) is 47.5 Å². The highest BCUT2D eigenvalue weighted by molar-refractivity contribution is 6.05. The molecule has 2 aliphatic rings. The fraction of sp³-hybridized carbons (Fsp3) is 0.481. The molecule has 3 N–H and O–H groups in total. The summed E-state index contributed by atoms with van der Waals surface area (Å²) < 4.78 is 10.6. The highest BCUT2D eigenvalue weighted by Crippen LogP contribution is 2.28. The highest BCUT2D eigenvalue weighted by Gasteiger charge is 2.36. The summed E-state index contributed by atoms with van der Waals surface area (Å²) in [6, 6.07) is 14.4. The summed E-state index contributed by atoms with van der Waals surface area (Å²) in [5.74, 6) is -0.540. The standard InChI is InChI=1S/C27H33N3O5/c1-17(22(15-28)26(33)29-16-25-23(31)14-24(32)27(34-2)35-25)18-6-7-20-13-21(9-8-19(20)12-18)30-10-4-3-5-11-30/h6-9,12-13,23-25,27,31-32H,3-5,10-11,14,16H2,1-2H3,(H,29,33)/b22-17+. The first-order valence-corrected chi connectivity index (χ1v) is 12.1. The summed E-state index contributed by atoms with van der Waals surface area (Å²) in [5.41, 5.74) is 2.60. The van der Waals surface area contributed by atoms with Gasteiger partial charge in [0, 0.05) is 38.9 Å². The second-order valence-electron chi connectivity index (χ2n) is 9.26. The number of nitrogens with one attached hydrogen (secondary N) is 1. The van der Waals surface area contributed by atoms with Crippen molar-refractivity contribution in [3.8, 4) is 6.07 Å². The van der Waals surface area contributed by atoms with Crippen LogP contribution < -0.4 is 10.2 Å². The molecule has 0 aromatic heterocycles. The third-order valence-corrected chi connectivity index (χ3v) is 6.92. The number of aliphatic hydroxyl groups is 2. The lowest BCUT2D eigenvalue weighted by Gasteiger charge is -2.36. The molecule has 8 nitrogen and oxygen atoms in total. The van der Waals surface area contributed by atoms with E-state index in [-0.39, 0.29) is 18.5 Å². The topological polar surface area (TPSA) is 115 Å². The van der Waals surface area contributed by atoms with Gasteiger partial charge in [0.05, 0.1) is 6.10 Å². The predicted molar refractivity (Wildman–Crippen MR) is 134 cm³/mol. The van der Waals surface area contributed by atoms with Gasteiger partial charge < -0.3 is 29.9 Å². The number of carbonyl (C=O) groups is 1. The van der Waals surface area contributed by atoms with Crippen LogP contribution in [-0.2, 0) is 14.3 Å². The summed E-state index contributed by atoms with van der Waals surface area (Å²) in [7, 11) is 1.40. The van der Waals surface area contributed by atoms with Crippen LogP contribution in [0.15, 0.2) is 42.0 Å².